The molecule has 3 nitrogen and oxygen atoms in total. The molecule has 1 unspecified atom stereocenters. The highest BCUT2D eigenvalue weighted by molar-refractivity contribution is 6.01. The average Bonchev–Trinajstić information content (AvgIpc) is 2.45. The van der Waals surface area contributed by atoms with E-state index in [1.54, 1.807) is 26.4 Å². The van der Waals surface area contributed by atoms with E-state index in [4.69, 9.17) is 9.47 Å². The molecule has 1 atom stereocenters. The Morgan fingerprint density at radius 3 is 2.26 bits per heavy atom. The van der Waals surface area contributed by atoms with E-state index in [-0.39, 0.29) is 5.78 Å². The molecule has 106 valence electrons. The lowest BCUT2D eigenvalue weighted by atomic mass is 9.98. The monoisotopic (exact) mass is 264 g/mol. The summed E-state index contributed by atoms with van der Waals surface area (Å²) in [5.41, 5.74) is 0.566. The molecule has 1 rings (SSSR count). The maximum atomic E-state index is 12.3. The summed E-state index contributed by atoms with van der Waals surface area (Å²) in [5.74, 6) is 1.95. The molecular weight excluding hydrogens is 240 g/mol. The van der Waals surface area contributed by atoms with Crippen LogP contribution in [-0.2, 0) is 0 Å². The lowest BCUT2D eigenvalue weighted by Gasteiger charge is -2.12. The van der Waals surface area contributed by atoms with Gasteiger partial charge in [0.25, 0.3) is 0 Å². The van der Waals surface area contributed by atoms with Gasteiger partial charge >= 0.3 is 0 Å². The van der Waals surface area contributed by atoms with Gasteiger partial charge in [0, 0.05) is 6.42 Å². The van der Waals surface area contributed by atoms with Crippen LogP contribution in [-0.4, -0.2) is 20.0 Å². The molecule has 0 aromatic heterocycles. The number of ketones is 1. The van der Waals surface area contributed by atoms with Gasteiger partial charge in [0.15, 0.2) is 5.78 Å². The van der Waals surface area contributed by atoms with Crippen LogP contribution >= 0.6 is 0 Å². The fraction of sp³-hybridized carbons (Fsp3) is 0.562. The standard InChI is InChI=1S/C16H24O3/c1-5-12(2)8-6-9-13(17)16-14(18-3)10-7-11-15(16)19-4/h7,10-12H,5-6,8-9H2,1-4H3. The first-order chi connectivity index (χ1) is 9.13. The van der Waals surface area contributed by atoms with E-state index in [1.807, 2.05) is 6.07 Å². The number of ether oxygens (including phenoxy) is 2. The summed E-state index contributed by atoms with van der Waals surface area (Å²) in [5, 5.41) is 0. The lowest BCUT2D eigenvalue weighted by Crippen LogP contribution is -2.06. The van der Waals surface area contributed by atoms with Crippen molar-refractivity contribution in [1.29, 1.82) is 0 Å². The van der Waals surface area contributed by atoms with E-state index in [1.165, 1.54) is 0 Å². The van der Waals surface area contributed by atoms with Crippen molar-refractivity contribution in [2.45, 2.75) is 39.5 Å². The van der Waals surface area contributed by atoms with Gasteiger partial charge in [-0.1, -0.05) is 32.8 Å². The molecule has 3 heteroatoms. The van der Waals surface area contributed by atoms with E-state index in [0.717, 1.165) is 19.3 Å². The summed E-state index contributed by atoms with van der Waals surface area (Å²) in [6.07, 6.45) is 3.70. The van der Waals surface area contributed by atoms with Crippen LogP contribution in [0.2, 0.25) is 0 Å². The number of carbonyl (C=O) groups excluding carboxylic acids is 1. The zero-order chi connectivity index (χ0) is 14.3. The highest BCUT2D eigenvalue weighted by Gasteiger charge is 2.17. The second-order valence-electron chi connectivity index (χ2n) is 4.87. The summed E-state index contributed by atoms with van der Waals surface area (Å²) in [6.45, 7) is 4.39. The van der Waals surface area contributed by atoms with Crippen molar-refractivity contribution < 1.29 is 14.3 Å². The Labute approximate surface area is 115 Å². The maximum absolute atomic E-state index is 12.3. The minimum atomic E-state index is 0.0950. The van der Waals surface area contributed by atoms with Crippen LogP contribution in [0, 0.1) is 5.92 Å². The number of methoxy groups -OCH3 is 2. The minimum absolute atomic E-state index is 0.0950. The van der Waals surface area contributed by atoms with Gasteiger partial charge in [-0.15, -0.1) is 0 Å². The zero-order valence-electron chi connectivity index (χ0n) is 12.4. The number of Topliss-reactive ketones (excluding diaryl/α,β-unsaturated/α-hetero) is 1. The molecule has 0 spiro atoms. The van der Waals surface area contributed by atoms with Crippen molar-refractivity contribution in [2.24, 2.45) is 5.92 Å². The number of carbonyl (C=O) groups is 1. The van der Waals surface area contributed by atoms with Crippen molar-refractivity contribution in [3.05, 3.63) is 23.8 Å². The first kappa shape index (κ1) is 15.5. The molecule has 19 heavy (non-hydrogen) atoms. The van der Waals surface area contributed by atoms with Gasteiger partial charge in [0.1, 0.15) is 17.1 Å². The van der Waals surface area contributed by atoms with Crippen molar-refractivity contribution in [1.82, 2.24) is 0 Å². The summed E-state index contributed by atoms with van der Waals surface area (Å²) in [4.78, 5) is 12.3. The molecule has 0 aliphatic carbocycles. The number of hydrogen-bond donors (Lipinski definition) is 0. The Kier molecular flexibility index (Phi) is 6.40. The van der Waals surface area contributed by atoms with E-state index in [9.17, 15) is 4.79 Å². The van der Waals surface area contributed by atoms with Crippen LogP contribution in [0.15, 0.2) is 18.2 Å². The highest BCUT2D eigenvalue weighted by Crippen LogP contribution is 2.30. The van der Waals surface area contributed by atoms with E-state index < -0.39 is 0 Å². The molecule has 0 saturated carbocycles. The van der Waals surface area contributed by atoms with Gasteiger partial charge in [-0.3, -0.25) is 4.79 Å². The second kappa shape index (κ2) is 7.82. The van der Waals surface area contributed by atoms with Gasteiger partial charge in [-0.2, -0.15) is 0 Å². The van der Waals surface area contributed by atoms with Crippen molar-refractivity contribution >= 4 is 5.78 Å². The van der Waals surface area contributed by atoms with Crippen LogP contribution < -0.4 is 9.47 Å². The summed E-state index contributed by atoms with van der Waals surface area (Å²) < 4.78 is 10.5. The normalized spacial score (nSPS) is 12.0. The lowest BCUT2D eigenvalue weighted by molar-refractivity contribution is 0.0971. The summed E-state index contributed by atoms with van der Waals surface area (Å²) >= 11 is 0. The smallest absolute Gasteiger partial charge is 0.170 e. The molecule has 0 radical (unpaired) electrons. The van der Waals surface area contributed by atoms with Gasteiger partial charge in [-0.05, 0) is 24.5 Å². The Bertz CT molecular complexity index is 390. The number of benzene rings is 1. The van der Waals surface area contributed by atoms with Crippen molar-refractivity contribution in [2.75, 3.05) is 14.2 Å². The number of hydrogen-bond acceptors (Lipinski definition) is 3. The largest absolute Gasteiger partial charge is 0.496 e. The Hall–Kier alpha value is -1.51. The molecule has 0 bridgehead atoms. The molecule has 0 saturated heterocycles. The summed E-state index contributed by atoms with van der Waals surface area (Å²) in [7, 11) is 3.15. The SMILES string of the molecule is CCC(C)CCCC(=O)c1c(OC)cccc1OC. The molecular formula is C16H24O3. The molecule has 1 aromatic carbocycles. The van der Waals surface area contributed by atoms with Crippen molar-refractivity contribution in [3.8, 4) is 11.5 Å². The average molecular weight is 264 g/mol. The third-order valence-corrected chi connectivity index (χ3v) is 3.50. The van der Waals surface area contributed by atoms with E-state index >= 15 is 0 Å². The Morgan fingerprint density at radius 1 is 1.21 bits per heavy atom. The minimum Gasteiger partial charge on any atom is -0.496 e. The van der Waals surface area contributed by atoms with E-state index in [2.05, 4.69) is 13.8 Å². The quantitative estimate of drug-likeness (QED) is 0.663. The van der Waals surface area contributed by atoms with Crippen LogP contribution in [0.1, 0.15) is 49.9 Å². The molecule has 0 heterocycles. The summed E-state index contributed by atoms with van der Waals surface area (Å²) in [6, 6.07) is 5.42. The third kappa shape index (κ3) is 4.27. The molecule has 0 aliphatic heterocycles. The van der Waals surface area contributed by atoms with Gasteiger partial charge in [0.05, 0.1) is 14.2 Å². The van der Waals surface area contributed by atoms with Gasteiger partial charge in [0.2, 0.25) is 0 Å². The maximum Gasteiger partial charge on any atom is 0.170 e. The molecule has 0 aliphatic rings. The predicted molar refractivity (Wildman–Crippen MR) is 77.2 cm³/mol. The van der Waals surface area contributed by atoms with Crippen LogP contribution in [0.3, 0.4) is 0 Å². The fourth-order valence-corrected chi connectivity index (χ4v) is 2.07. The second-order valence-corrected chi connectivity index (χ2v) is 4.87. The Balaban J connectivity index is 2.75. The Morgan fingerprint density at radius 2 is 1.79 bits per heavy atom. The molecule has 0 fully saturated rings. The van der Waals surface area contributed by atoms with Gasteiger partial charge in [-0.25, -0.2) is 0 Å². The van der Waals surface area contributed by atoms with Crippen LogP contribution in [0.5, 0.6) is 11.5 Å². The highest BCUT2D eigenvalue weighted by atomic mass is 16.5. The molecule has 1 aromatic rings. The van der Waals surface area contributed by atoms with Gasteiger partial charge < -0.3 is 9.47 Å². The first-order valence-electron chi connectivity index (χ1n) is 6.88. The predicted octanol–water partition coefficient (Wildman–Crippen LogP) is 4.10. The fourth-order valence-electron chi connectivity index (χ4n) is 2.07. The molecule has 0 N–H and O–H groups in total. The van der Waals surface area contributed by atoms with Crippen LogP contribution in [0.4, 0.5) is 0 Å². The zero-order valence-corrected chi connectivity index (χ0v) is 12.4. The van der Waals surface area contributed by atoms with E-state index in [0.29, 0.717) is 29.4 Å². The molecule has 0 amide bonds. The number of rotatable bonds is 8. The first-order valence-corrected chi connectivity index (χ1v) is 6.88. The van der Waals surface area contributed by atoms with Crippen LogP contribution in [0.25, 0.3) is 0 Å². The topological polar surface area (TPSA) is 35.5 Å². The third-order valence-electron chi connectivity index (χ3n) is 3.50. The van der Waals surface area contributed by atoms with Crippen molar-refractivity contribution in [3.63, 3.8) is 0 Å².